The minimum atomic E-state index is -0.461. The molecule has 0 bridgehead atoms. The lowest BCUT2D eigenvalue weighted by Crippen LogP contribution is -2.23. The highest BCUT2D eigenvalue weighted by molar-refractivity contribution is 5.94. The van der Waals surface area contributed by atoms with E-state index in [9.17, 15) is 9.18 Å². The van der Waals surface area contributed by atoms with Gasteiger partial charge >= 0.3 is 0 Å². The molecule has 1 amide bonds. The number of carbonyl (C=O) groups excluding carboxylic acids is 1. The van der Waals surface area contributed by atoms with Gasteiger partial charge in [-0.1, -0.05) is 12.1 Å². The number of benzene rings is 2. The van der Waals surface area contributed by atoms with E-state index in [-0.39, 0.29) is 29.8 Å². The summed E-state index contributed by atoms with van der Waals surface area (Å²) >= 11 is 0. The average Bonchev–Trinajstić information content (AvgIpc) is 3.14. The normalized spacial score (nSPS) is 10.4. The minimum Gasteiger partial charge on any atom is -0.493 e. The maximum atomic E-state index is 13.7. The van der Waals surface area contributed by atoms with E-state index in [1.807, 2.05) is 0 Å². The van der Waals surface area contributed by atoms with Crippen molar-refractivity contribution in [3.63, 3.8) is 0 Å². The molecule has 0 fully saturated rings. The molecule has 134 valence electrons. The molecule has 0 atom stereocenters. The lowest BCUT2D eigenvalue weighted by molar-refractivity contribution is 0.0947. The van der Waals surface area contributed by atoms with Gasteiger partial charge in [-0.25, -0.2) is 4.39 Å². The molecule has 8 heteroatoms. The minimum absolute atomic E-state index is 0.00856. The number of hydrogen-bond acceptors (Lipinski definition) is 6. The Morgan fingerprint density at radius 2 is 1.88 bits per heavy atom. The maximum absolute atomic E-state index is 13.7. The van der Waals surface area contributed by atoms with Crippen LogP contribution in [0.15, 0.2) is 46.9 Å². The third-order valence-corrected chi connectivity index (χ3v) is 3.62. The largest absolute Gasteiger partial charge is 0.493 e. The molecule has 2 aromatic carbocycles. The highest BCUT2D eigenvalue weighted by Gasteiger charge is 2.14. The zero-order valence-corrected chi connectivity index (χ0v) is 14.2. The molecule has 1 N–H and O–H groups in total. The topological polar surface area (TPSA) is 86.5 Å². The zero-order valence-electron chi connectivity index (χ0n) is 14.2. The van der Waals surface area contributed by atoms with E-state index >= 15 is 0 Å². The maximum Gasteiger partial charge on any atom is 0.251 e. The van der Waals surface area contributed by atoms with Gasteiger partial charge in [0, 0.05) is 5.56 Å². The van der Waals surface area contributed by atoms with Gasteiger partial charge in [0.25, 0.3) is 11.8 Å². The first kappa shape index (κ1) is 17.4. The van der Waals surface area contributed by atoms with E-state index in [1.165, 1.54) is 26.4 Å². The molecule has 3 aromatic rings. The van der Waals surface area contributed by atoms with Crippen molar-refractivity contribution in [3.8, 4) is 23.0 Å². The Morgan fingerprint density at radius 1 is 1.12 bits per heavy atom. The van der Waals surface area contributed by atoms with E-state index in [2.05, 4.69) is 15.5 Å². The Labute approximate surface area is 148 Å². The summed E-state index contributed by atoms with van der Waals surface area (Å²) in [5.74, 6) is 0.375. The van der Waals surface area contributed by atoms with Crippen molar-refractivity contribution < 1.29 is 23.1 Å². The van der Waals surface area contributed by atoms with Gasteiger partial charge in [0.2, 0.25) is 5.89 Å². The van der Waals surface area contributed by atoms with Gasteiger partial charge in [0.05, 0.1) is 26.3 Å². The molecule has 7 nitrogen and oxygen atoms in total. The number of carbonyl (C=O) groups is 1. The first-order chi connectivity index (χ1) is 12.6. The Morgan fingerprint density at radius 3 is 2.62 bits per heavy atom. The van der Waals surface area contributed by atoms with Gasteiger partial charge in [0.15, 0.2) is 11.5 Å². The van der Waals surface area contributed by atoms with Gasteiger partial charge in [0.1, 0.15) is 5.82 Å². The lowest BCUT2D eigenvalue weighted by atomic mass is 10.2. The molecule has 0 aliphatic heterocycles. The first-order valence-corrected chi connectivity index (χ1v) is 7.70. The molecule has 0 aliphatic carbocycles. The quantitative estimate of drug-likeness (QED) is 0.730. The molecule has 0 spiro atoms. The summed E-state index contributed by atoms with van der Waals surface area (Å²) in [6, 6.07) is 10.9. The number of amides is 1. The van der Waals surface area contributed by atoms with E-state index in [0.717, 1.165) is 0 Å². The fourth-order valence-electron chi connectivity index (χ4n) is 2.30. The van der Waals surface area contributed by atoms with E-state index < -0.39 is 5.82 Å². The Kier molecular flexibility index (Phi) is 5.12. The van der Waals surface area contributed by atoms with Crippen LogP contribution < -0.4 is 14.8 Å². The predicted molar refractivity (Wildman–Crippen MR) is 90.4 cm³/mol. The zero-order chi connectivity index (χ0) is 18.5. The van der Waals surface area contributed by atoms with Gasteiger partial charge < -0.3 is 19.2 Å². The van der Waals surface area contributed by atoms with Crippen LogP contribution in [0.1, 0.15) is 16.2 Å². The number of methoxy groups -OCH3 is 2. The fraction of sp³-hybridized carbons (Fsp3) is 0.167. The molecular formula is C18H16FN3O4. The number of nitrogens with zero attached hydrogens (tertiary/aromatic N) is 2. The third-order valence-electron chi connectivity index (χ3n) is 3.62. The van der Waals surface area contributed by atoms with Gasteiger partial charge in [-0.15, -0.1) is 10.2 Å². The van der Waals surface area contributed by atoms with Gasteiger partial charge in [-0.05, 0) is 30.3 Å². The van der Waals surface area contributed by atoms with Gasteiger partial charge in [-0.2, -0.15) is 0 Å². The summed E-state index contributed by atoms with van der Waals surface area (Å²) in [4.78, 5) is 12.3. The molecule has 3 rings (SSSR count). The van der Waals surface area contributed by atoms with Crippen molar-refractivity contribution in [2.24, 2.45) is 0 Å². The molecule has 26 heavy (non-hydrogen) atoms. The molecule has 1 aromatic heterocycles. The van der Waals surface area contributed by atoms with E-state index in [4.69, 9.17) is 13.9 Å². The summed E-state index contributed by atoms with van der Waals surface area (Å²) in [5, 5.41) is 10.3. The van der Waals surface area contributed by atoms with Crippen LogP contribution >= 0.6 is 0 Å². The second kappa shape index (κ2) is 7.64. The van der Waals surface area contributed by atoms with Gasteiger partial charge in [-0.3, -0.25) is 4.79 Å². The monoisotopic (exact) mass is 357 g/mol. The molecule has 0 unspecified atom stereocenters. The summed E-state index contributed by atoms with van der Waals surface area (Å²) in [7, 11) is 3.00. The number of halogens is 1. The first-order valence-electron chi connectivity index (χ1n) is 7.70. The summed E-state index contributed by atoms with van der Waals surface area (Å²) in [6.07, 6.45) is 0. The second-order valence-corrected chi connectivity index (χ2v) is 5.23. The van der Waals surface area contributed by atoms with Crippen LogP contribution in [0.5, 0.6) is 11.5 Å². The van der Waals surface area contributed by atoms with Crippen molar-refractivity contribution in [1.82, 2.24) is 15.5 Å². The van der Waals surface area contributed by atoms with E-state index in [0.29, 0.717) is 17.1 Å². The Bertz CT molecular complexity index is 926. The van der Waals surface area contributed by atoms with Crippen molar-refractivity contribution in [2.75, 3.05) is 14.2 Å². The van der Waals surface area contributed by atoms with Crippen molar-refractivity contribution in [2.45, 2.75) is 6.54 Å². The number of nitrogens with one attached hydrogen (secondary N) is 1. The second-order valence-electron chi connectivity index (χ2n) is 5.23. The van der Waals surface area contributed by atoms with Crippen LogP contribution in [0.3, 0.4) is 0 Å². The van der Waals surface area contributed by atoms with Crippen LogP contribution in [-0.4, -0.2) is 30.3 Å². The number of ether oxygens (including phenoxy) is 2. The number of aromatic nitrogens is 2. The standard InChI is InChI=1S/C18H16FN3O4/c1-24-14-8-7-11(9-15(14)25-2)17(23)20-10-16-21-22-18(26-16)12-5-3-4-6-13(12)19/h3-9H,10H2,1-2H3,(H,20,23). The number of rotatable bonds is 6. The summed E-state index contributed by atoms with van der Waals surface area (Å²) in [6.45, 7) is 0.00856. The summed E-state index contributed by atoms with van der Waals surface area (Å²) in [5.41, 5.74) is 0.592. The Balaban J connectivity index is 1.68. The smallest absolute Gasteiger partial charge is 0.251 e. The third kappa shape index (κ3) is 3.64. The Hall–Kier alpha value is -3.42. The van der Waals surface area contributed by atoms with E-state index in [1.54, 1.807) is 30.3 Å². The van der Waals surface area contributed by atoms with Crippen LogP contribution in [-0.2, 0) is 6.54 Å². The SMILES string of the molecule is COc1ccc(C(=O)NCc2nnc(-c3ccccc3F)o2)cc1OC. The fourth-order valence-corrected chi connectivity index (χ4v) is 2.30. The molecule has 0 saturated heterocycles. The highest BCUT2D eigenvalue weighted by Crippen LogP contribution is 2.27. The summed E-state index contributed by atoms with van der Waals surface area (Å²) < 4.78 is 29.4. The van der Waals surface area contributed by atoms with Crippen molar-refractivity contribution in [3.05, 3.63) is 59.7 Å². The molecule has 0 aliphatic rings. The molecular weight excluding hydrogens is 341 g/mol. The highest BCUT2D eigenvalue weighted by atomic mass is 19.1. The average molecular weight is 357 g/mol. The van der Waals surface area contributed by atoms with Crippen LogP contribution in [0.2, 0.25) is 0 Å². The van der Waals surface area contributed by atoms with Crippen molar-refractivity contribution >= 4 is 5.91 Å². The lowest BCUT2D eigenvalue weighted by Gasteiger charge is -2.09. The van der Waals surface area contributed by atoms with Crippen LogP contribution in [0.4, 0.5) is 4.39 Å². The molecule has 1 heterocycles. The van der Waals surface area contributed by atoms with Crippen molar-refractivity contribution in [1.29, 1.82) is 0 Å². The predicted octanol–water partition coefficient (Wildman–Crippen LogP) is 2.82. The van der Waals surface area contributed by atoms with Crippen LogP contribution in [0, 0.1) is 5.82 Å². The number of hydrogen-bond donors (Lipinski definition) is 1. The molecule has 0 saturated carbocycles. The van der Waals surface area contributed by atoms with Crippen LogP contribution in [0.25, 0.3) is 11.5 Å². The molecule has 0 radical (unpaired) electrons.